The zero-order valence-electron chi connectivity index (χ0n) is 19.0. The summed E-state index contributed by atoms with van der Waals surface area (Å²) in [5, 5.41) is 7.28. The Balaban J connectivity index is 1.38. The van der Waals surface area contributed by atoms with Crippen LogP contribution in [0.15, 0.2) is 60.7 Å². The number of ether oxygens (including phenoxy) is 2. The molecule has 8 heteroatoms. The minimum atomic E-state index is -0.244. The summed E-state index contributed by atoms with van der Waals surface area (Å²) in [6.07, 6.45) is 0. The highest BCUT2D eigenvalue weighted by atomic mass is 16.5. The van der Waals surface area contributed by atoms with E-state index in [0.717, 1.165) is 17.0 Å². The highest BCUT2D eigenvalue weighted by Gasteiger charge is 2.10. The Morgan fingerprint density at radius 2 is 1.73 bits per heavy atom. The molecule has 0 aliphatic carbocycles. The minimum Gasteiger partial charge on any atom is -0.484 e. The number of rotatable bonds is 7. The standard InChI is InChI=1S/C25H25N5O3/c1-16-6-5-7-22(12-16)32-15-24(31)28-20-8-10-21(11-9-20)33-25-14-23(26-19(4)27-25)30-18(3)13-17(2)29-30/h5-14H,15H2,1-4H3,(H,28,31). The molecule has 2 aromatic carbocycles. The van der Waals surface area contributed by atoms with Gasteiger partial charge in [-0.25, -0.2) is 9.67 Å². The normalized spacial score (nSPS) is 10.7. The average Bonchev–Trinajstić information content (AvgIpc) is 3.11. The van der Waals surface area contributed by atoms with Crippen LogP contribution in [0.5, 0.6) is 17.4 Å². The molecule has 0 aliphatic rings. The molecule has 2 aromatic heterocycles. The van der Waals surface area contributed by atoms with Crippen molar-refractivity contribution in [3.8, 4) is 23.2 Å². The van der Waals surface area contributed by atoms with Gasteiger partial charge in [-0.1, -0.05) is 12.1 Å². The molecule has 0 spiro atoms. The molecule has 33 heavy (non-hydrogen) atoms. The second kappa shape index (κ2) is 9.52. The van der Waals surface area contributed by atoms with Gasteiger partial charge in [0, 0.05) is 17.4 Å². The molecule has 0 fully saturated rings. The Labute approximate surface area is 192 Å². The molecule has 4 aromatic rings. The Hall–Kier alpha value is -4.20. The van der Waals surface area contributed by atoms with Crippen LogP contribution in [0.25, 0.3) is 5.82 Å². The first-order valence-electron chi connectivity index (χ1n) is 10.5. The summed E-state index contributed by atoms with van der Waals surface area (Å²) in [4.78, 5) is 21.0. The number of nitrogens with one attached hydrogen (secondary N) is 1. The Morgan fingerprint density at radius 1 is 0.939 bits per heavy atom. The van der Waals surface area contributed by atoms with E-state index in [9.17, 15) is 4.79 Å². The van der Waals surface area contributed by atoms with E-state index in [1.165, 1.54) is 0 Å². The Bertz CT molecular complexity index is 1280. The van der Waals surface area contributed by atoms with Gasteiger partial charge in [-0.2, -0.15) is 10.1 Å². The molecule has 8 nitrogen and oxygen atoms in total. The number of carbonyl (C=O) groups is 1. The summed E-state index contributed by atoms with van der Waals surface area (Å²) in [6.45, 7) is 7.61. The lowest BCUT2D eigenvalue weighted by atomic mass is 10.2. The molecular formula is C25H25N5O3. The van der Waals surface area contributed by atoms with Crippen molar-refractivity contribution in [3.63, 3.8) is 0 Å². The van der Waals surface area contributed by atoms with E-state index in [1.54, 1.807) is 41.9 Å². The van der Waals surface area contributed by atoms with Crippen LogP contribution in [0.1, 0.15) is 22.8 Å². The smallest absolute Gasteiger partial charge is 0.262 e. The fourth-order valence-corrected chi connectivity index (χ4v) is 3.32. The summed E-state index contributed by atoms with van der Waals surface area (Å²) in [6, 6.07) is 18.3. The highest BCUT2D eigenvalue weighted by molar-refractivity contribution is 5.91. The molecule has 0 radical (unpaired) electrons. The molecule has 1 amide bonds. The van der Waals surface area contributed by atoms with Gasteiger partial charge in [-0.3, -0.25) is 4.79 Å². The van der Waals surface area contributed by atoms with E-state index in [4.69, 9.17) is 9.47 Å². The third kappa shape index (κ3) is 5.74. The first-order chi connectivity index (χ1) is 15.9. The molecule has 0 bridgehead atoms. The number of anilines is 1. The summed E-state index contributed by atoms with van der Waals surface area (Å²) in [5.41, 5.74) is 3.60. The maximum absolute atomic E-state index is 12.2. The van der Waals surface area contributed by atoms with Crippen molar-refractivity contribution in [2.24, 2.45) is 0 Å². The van der Waals surface area contributed by atoms with E-state index < -0.39 is 0 Å². The van der Waals surface area contributed by atoms with Crippen molar-refractivity contribution in [1.29, 1.82) is 0 Å². The van der Waals surface area contributed by atoms with E-state index in [2.05, 4.69) is 20.4 Å². The molecule has 1 N–H and O–H groups in total. The lowest BCUT2D eigenvalue weighted by Gasteiger charge is -2.10. The fraction of sp³-hybridized carbons (Fsp3) is 0.200. The molecule has 4 rings (SSSR count). The van der Waals surface area contributed by atoms with Crippen LogP contribution < -0.4 is 14.8 Å². The Kier molecular flexibility index (Phi) is 6.35. The van der Waals surface area contributed by atoms with Crippen LogP contribution in [0.2, 0.25) is 0 Å². The van der Waals surface area contributed by atoms with Crippen LogP contribution >= 0.6 is 0 Å². The van der Waals surface area contributed by atoms with E-state index >= 15 is 0 Å². The number of amides is 1. The summed E-state index contributed by atoms with van der Waals surface area (Å²) in [7, 11) is 0. The summed E-state index contributed by atoms with van der Waals surface area (Å²) >= 11 is 0. The monoisotopic (exact) mass is 443 g/mol. The van der Waals surface area contributed by atoms with Gasteiger partial charge < -0.3 is 14.8 Å². The van der Waals surface area contributed by atoms with Crippen molar-refractivity contribution >= 4 is 11.6 Å². The lowest BCUT2D eigenvalue weighted by molar-refractivity contribution is -0.118. The molecule has 0 saturated carbocycles. The van der Waals surface area contributed by atoms with Crippen LogP contribution in [0.3, 0.4) is 0 Å². The summed E-state index contributed by atoms with van der Waals surface area (Å²) in [5.74, 6) is 2.63. The second-order valence-corrected chi connectivity index (χ2v) is 7.73. The number of hydrogen-bond acceptors (Lipinski definition) is 6. The Morgan fingerprint density at radius 3 is 2.42 bits per heavy atom. The predicted octanol–water partition coefficient (Wildman–Crippen LogP) is 4.71. The third-order valence-corrected chi connectivity index (χ3v) is 4.75. The molecule has 168 valence electrons. The largest absolute Gasteiger partial charge is 0.484 e. The topological polar surface area (TPSA) is 91.2 Å². The molecule has 0 unspecified atom stereocenters. The SMILES string of the molecule is Cc1cccc(OCC(=O)Nc2ccc(Oc3cc(-n4nc(C)cc4C)nc(C)n3)cc2)c1. The predicted molar refractivity (Wildman–Crippen MR) is 125 cm³/mol. The minimum absolute atomic E-state index is 0.0724. The van der Waals surface area contributed by atoms with E-state index in [1.807, 2.05) is 51.1 Å². The van der Waals surface area contributed by atoms with Gasteiger partial charge >= 0.3 is 0 Å². The molecule has 0 saturated heterocycles. The molecule has 0 aliphatic heterocycles. The van der Waals surface area contributed by atoms with Gasteiger partial charge in [0.15, 0.2) is 12.4 Å². The van der Waals surface area contributed by atoms with Gasteiger partial charge in [0.05, 0.1) is 5.69 Å². The highest BCUT2D eigenvalue weighted by Crippen LogP contribution is 2.23. The van der Waals surface area contributed by atoms with Crippen molar-refractivity contribution in [1.82, 2.24) is 19.7 Å². The number of aryl methyl sites for hydroxylation is 4. The third-order valence-electron chi connectivity index (χ3n) is 4.75. The number of nitrogens with zero attached hydrogens (tertiary/aromatic N) is 4. The van der Waals surface area contributed by atoms with Crippen LogP contribution in [-0.2, 0) is 4.79 Å². The van der Waals surface area contributed by atoms with Crippen LogP contribution in [0.4, 0.5) is 5.69 Å². The number of hydrogen-bond donors (Lipinski definition) is 1. The van der Waals surface area contributed by atoms with Gasteiger partial charge in [-0.15, -0.1) is 0 Å². The molecular weight excluding hydrogens is 418 g/mol. The average molecular weight is 444 g/mol. The quantitative estimate of drug-likeness (QED) is 0.445. The lowest BCUT2D eigenvalue weighted by Crippen LogP contribution is -2.20. The van der Waals surface area contributed by atoms with Crippen molar-refractivity contribution in [3.05, 3.63) is 83.4 Å². The second-order valence-electron chi connectivity index (χ2n) is 7.73. The van der Waals surface area contributed by atoms with E-state index in [-0.39, 0.29) is 12.5 Å². The zero-order chi connectivity index (χ0) is 23.4. The van der Waals surface area contributed by atoms with Gasteiger partial charge in [0.1, 0.15) is 17.3 Å². The van der Waals surface area contributed by atoms with Crippen LogP contribution in [-0.4, -0.2) is 32.3 Å². The first kappa shape index (κ1) is 22.0. The molecule has 0 atom stereocenters. The van der Waals surface area contributed by atoms with Gasteiger partial charge in [0.2, 0.25) is 5.88 Å². The number of benzene rings is 2. The number of aromatic nitrogens is 4. The van der Waals surface area contributed by atoms with Crippen LogP contribution in [0, 0.1) is 27.7 Å². The van der Waals surface area contributed by atoms with Gasteiger partial charge in [-0.05, 0) is 75.7 Å². The van der Waals surface area contributed by atoms with Crippen molar-refractivity contribution < 1.29 is 14.3 Å². The number of carbonyl (C=O) groups excluding carboxylic acids is 1. The molecule has 2 heterocycles. The van der Waals surface area contributed by atoms with E-state index in [0.29, 0.717) is 34.7 Å². The first-order valence-corrected chi connectivity index (χ1v) is 10.5. The maximum atomic E-state index is 12.2. The fourth-order valence-electron chi connectivity index (χ4n) is 3.32. The van der Waals surface area contributed by atoms with Gasteiger partial charge in [0.25, 0.3) is 5.91 Å². The van der Waals surface area contributed by atoms with Crippen molar-refractivity contribution in [2.75, 3.05) is 11.9 Å². The maximum Gasteiger partial charge on any atom is 0.262 e. The van der Waals surface area contributed by atoms with Crippen molar-refractivity contribution in [2.45, 2.75) is 27.7 Å². The summed E-state index contributed by atoms with van der Waals surface area (Å²) < 4.78 is 13.2. The zero-order valence-corrected chi connectivity index (χ0v) is 19.0.